The number of rotatable bonds is 7. The molecule has 2 aromatic rings. The molecule has 0 aromatic heterocycles. The fourth-order valence-corrected chi connectivity index (χ4v) is 5.61. The summed E-state index contributed by atoms with van der Waals surface area (Å²) in [5.74, 6) is -0.320. The molecule has 0 aliphatic carbocycles. The molecule has 7 nitrogen and oxygen atoms in total. The molecule has 1 N–H and O–H groups in total. The second-order valence-electron chi connectivity index (χ2n) is 7.41. The van der Waals surface area contributed by atoms with Crippen molar-refractivity contribution in [2.75, 3.05) is 19.3 Å². The van der Waals surface area contributed by atoms with Gasteiger partial charge in [0.25, 0.3) is 5.91 Å². The zero-order valence-corrected chi connectivity index (χ0v) is 18.7. The highest BCUT2D eigenvalue weighted by atomic mass is 32.2. The molecule has 1 heterocycles. The van der Waals surface area contributed by atoms with E-state index in [0.717, 1.165) is 24.7 Å². The molecule has 3 rings (SSSR count). The van der Waals surface area contributed by atoms with Gasteiger partial charge in [0.05, 0.1) is 15.8 Å². The van der Waals surface area contributed by atoms with Gasteiger partial charge in [0.1, 0.15) is 0 Å². The van der Waals surface area contributed by atoms with Crippen LogP contribution in [0.2, 0.25) is 0 Å². The van der Waals surface area contributed by atoms with Gasteiger partial charge in [-0.3, -0.25) is 4.79 Å². The third-order valence-electron chi connectivity index (χ3n) is 5.24. The minimum atomic E-state index is -3.52. The number of hydrogen-bond acceptors (Lipinski definition) is 5. The van der Waals surface area contributed by atoms with Crippen molar-refractivity contribution in [1.29, 1.82) is 0 Å². The molecule has 30 heavy (non-hydrogen) atoms. The smallest absolute Gasteiger partial charge is 0.251 e. The zero-order valence-electron chi connectivity index (χ0n) is 17.0. The van der Waals surface area contributed by atoms with E-state index in [2.05, 4.69) is 5.32 Å². The zero-order chi connectivity index (χ0) is 21.9. The first-order valence-corrected chi connectivity index (χ1v) is 13.2. The number of sulfonamides is 1. The Morgan fingerprint density at radius 2 is 1.47 bits per heavy atom. The molecule has 0 unspecified atom stereocenters. The van der Waals surface area contributed by atoms with Crippen LogP contribution in [0.25, 0.3) is 0 Å². The molecule has 1 atom stereocenters. The van der Waals surface area contributed by atoms with E-state index < -0.39 is 19.9 Å². The Bertz CT molecular complexity index is 1100. The van der Waals surface area contributed by atoms with Crippen molar-refractivity contribution in [3.05, 3.63) is 59.7 Å². The molecule has 162 valence electrons. The predicted molar refractivity (Wildman–Crippen MR) is 114 cm³/mol. The second-order valence-corrected chi connectivity index (χ2v) is 11.4. The van der Waals surface area contributed by atoms with E-state index in [9.17, 15) is 21.6 Å². The number of carbonyl (C=O) groups is 1. The molecule has 1 saturated heterocycles. The average molecular weight is 451 g/mol. The van der Waals surface area contributed by atoms with E-state index >= 15 is 0 Å². The van der Waals surface area contributed by atoms with E-state index in [-0.39, 0.29) is 21.7 Å². The van der Waals surface area contributed by atoms with Gasteiger partial charge >= 0.3 is 0 Å². The molecule has 0 saturated carbocycles. The van der Waals surface area contributed by atoms with Crippen molar-refractivity contribution in [3.8, 4) is 0 Å². The van der Waals surface area contributed by atoms with Gasteiger partial charge < -0.3 is 5.32 Å². The molecule has 1 aliphatic heterocycles. The van der Waals surface area contributed by atoms with Crippen LogP contribution in [-0.2, 0) is 19.9 Å². The lowest BCUT2D eigenvalue weighted by atomic mass is 10.0. The van der Waals surface area contributed by atoms with Crippen molar-refractivity contribution in [3.63, 3.8) is 0 Å². The average Bonchev–Trinajstić information content (AvgIpc) is 3.27. The Balaban J connectivity index is 1.73. The van der Waals surface area contributed by atoms with Gasteiger partial charge in [-0.1, -0.05) is 19.1 Å². The lowest BCUT2D eigenvalue weighted by Crippen LogP contribution is -2.29. The van der Waals surface area contributed by atoms with E-state index in [1.165, 1.54) is 40.7 Å². The largest absolute Gasteiger partial charge is 0.345 e. The Hall–Kier alpha value is -2.23. The SMILES string of the molecule is CC[C@H](NC(=O)c1ccc(S(=O)(=O)N2CCCC2)cc1)c1ccc(S(C)(=O)=O)cc1. The maximum absolute atomic E-state index is 12.7. The predicted octanol–water partition coefficient (Wildman–Crippen LogP) is 2.76. The molecular weight excluding hydrogens is 424 g/mol. The lowest BCUT2D eigenvalue weighted by Gasteiger charge is -2.18. The first kappa shape index (κ1) is 22.5. The van der Waals surface area contributed by atoms with Crippen molar-refractivity contribution >= 4 is 25.8 Å². The number of carbonyl (C=O) groups excluding carboxylic acids is 1. The molecule has 1 aliphatic rings. The van der Waals surface area contributed by atoms with E-state index in [4.69, 9.17) is 0 Å². The Morgan fingerprint density at radius 1 is 0.933 bits per heavy atom. The maximum atomic E-state index is 12.7. The minimum Gasteiger partial charge on any atom is -0.345 e. The highest BCUT2D eigenvalue weighted by Gasteiger charge is 2.27. The topological polar surface area (TPSA) is 101 Å². The minimum absolute atomic E-state index is 0.185. The van der Waals surface area contributed by atoms with Crippen LogP contribution < -0.4 is 5.32 Å². The molecule has 0 radical (unpaired) electrons. The number of benzene rings is 2. The Kier molecular flexibility index (Phi) is 6.64. The standard InChI is InChI=1S/C21H26N2O5S2/c1-3-20(16-6-10-18(11-7-16)29(2,25)26)22-21(24)17-8-12-19(13-9-17)30(27,28)23-14-4-5-15-23/h6-13,20H,3-5,14-15H2,1-2H3,(H,22,24)/t20-/m0/s1. The summed E-state index contributed by atoms with van der Waals surface area (Å²) in [6.45, 7) is 2.98. The summed E-state index contributed by atoms with van der Waals surface area (Å²) in [5.41, 5.74) is 1.16. The summed E-state index contributed by atoms with van der Waals surface area (Å²) in [6.07, 6.45) is 3.49. The summed E-state index contributed by atoms with van der Waals surface area (Å²) in [6, 6.07) is 12.1. The summed E-state index contributed by atoms with van der Waals surface area (Å²) < 4.78 is 49.9. The number of nitrogens with one attached hydrogen (secondary N) is 1. The van der Waals surface area contributed by atoms with Crippen molar-refractivity contribution in [2.45, 2.75) is 42.0 Å². The van der Waals surface area contributed by atoms with Gasteiger partial charge in [-0.15, -0.1) is 0 Å². The van der Waals surface area contributed by atoms with Gasteiger partial charge in [0.15, 0.2) is 9.84 Å². The van der Waals surface area contributed by atoms with Crippen LogP contribution in [-0.4, -0.2) is 46.4 Å². The summed E-state index contributed by atoms with van der Waals surface area (Å²) in [5, 5.41) is 2.92. The van der Waals surface area contributed by atoms with Gasteiger partial charge in [-0.25, -0.2) is 16.8 Å². The molecule has 1 amide bonds. The Morgan fingerprint density at radius 3 is 1.97 bits per heavy atom. The molecule has 9 heteroatoms. The third kappa shape index (κ3) is 4.91. The highest BCUT2D eigenvalue weighted by Crippen LogP contribution is 2.22. The number of hydrogen-bond donors (Lipinski definition) is 1. The summed E-state index contributed by atoms with van der Waals surface area (Å²) in [7, 11) is -6.80. The van der Waals surface area contributed by atoms with Crippen molar-refractivity contribution < 1.29 is 21.6 Å². The van der Waals surface area contributed by atoms with Crippen LogP contribution in [0.15, 0.2) is 58.3 Å². The van der Waals surface area contributed by atoms with Gasteiger partial charge in [-0.2, -0.15) is 4.31 Å². The highest BCUT2D eigenvalue weighted by molar-refractivity contribution is 7.90. The van der Waals surface area contributed by atoms with E-state index in [0.29, 0.717) is 25.1 Å². The number of nitrogens with zero attached hydrogens (tertiary/aromatic N) is 1. The van der Waals surface area contributed by atoms with Crippen LogP contribution in [0.3, 0.4) is 0 Å². The molecule has 2 aromatic carbocycles. The van der Waals surface area contributed by atoms with E-state index in [1.807, 2.05) is 6.92 Å². The Labute approximate surface area is 178 Å². The first-order valence-electron chi connectivity index (χ1n) is 9.84. The van der Waals surface area contributed by atoms with Gasteiger partial charge in [0, 0.05) is 24.9 Å². The van der Waals surface area contributed by atoms with Gasteiger partial charge in [0.2, 0.25) is 10.0 Å². The van der Waals surface area contributed by atoms with Crippen LogP contribution >= 0.6 is 0 Å². The molecule has 1 fully saturated rings. The molecule has 0 bridgehead atoms. The number of sulfone groups is 1. The fourth-order valence-electron chi connectivity index (χ4n) is 3.47. The van der Waals surface area contributed by atoms with Crippen LogP contribution in [0.5, 0.6) is 0 Å². The van der Waals surface area contributed by atoms with Crippen LogP contribution in [0, 0.1) is 0 Å². The lowest BCUT2D eigenvalue weighted by molar-refractivity contribution is 0.0935. The fraction of sp³-hybridized carbons (Fsp3) is 0.381. The van der Waals surface area contributed by atoms with Crippen molar-refractivity contribution in [2.24, 2.45) is 0 Å². The van der Waals surface area contributed by atoms with Gasteiger partial charge in [-0.05, 0) is 61.2 Å². The monoisotopic (exact) mass is 450 g/mol. The molecule has 0 spiro atoms. The maximum Gasteiger partial charge on any atom is 0.251 e. The summed E-state index contributed by atoms with van der Waals surface area (Å²) in [4.78, 5) is 13.1. The normalized spacial score (nSPS) is 16.3. The quantitative estimate of drug-likeness (QED) is 0.699. The number of amides is 1. The molecular formula is C21H26N2O5S2. The summed E-state index contributed by atoms with van der Waals surface area (Å²) >= 11 is 0. The second kappa shape index (κ2) is 8.87. The van der Waals surface area contributed by atoms with Crippen LogP contribution in [0.1, 0.15) is 48.1 Å². The van der Waals surface area contributed by atoms with Crippen molar-refractivity contribution in [1.82, 2.24) is 9.62 Å². The third-order valence-corrected chi connectivity index (χ3v) is 8.28. The van der Waals surface area contributed by atoms with E-state index in [1.54, 1.807) is 12.1 Å². The van der Waals surface area contributed by atoms with Crippen LogP contribution in [0.4, 0.5) is 0 Å². The first-order chi connectivity index (χ1) is 14.1.